The number of rotatable bonds is 3. The standard InChI is InChI=1S/C13H15FN2O2/c1-3-9(2)15-8-12(17)16(13(15)18)11-6-4-10(14)5-7-11/h4-7,9H,3,8H2,1-2H3. The summed E-state index contributed by atoms with van der Waals surface area (Å²) < 4.78 is 12.8. The molecule has 0 aromatic heterocycles. The number of imide groups is 1. The minimum atomic E-state index is -0.392. The second kappa shape index (κ2) is 4.76. The molecule has 1 fully saturated rings. The van der Waals surface area contributed by atoms with Crippen LogP contribution in [0.15, 0.2) is 24.3 Å². The Labute approximate surface area is 105 Å². The third-order valence-electron chi connectivity index (χ3n) is 3.20. The number of urea groups is 1. The molecule has 1 heterocycles. The average Bonchev–Trinajstić information content (AvgIpc) is 2.65. The molecule has 0 saturated carbocycles. The Kier molecular flexibility index (Phi) is 3.32. The van der Waals surface area contributed by atoms with Crippen LogP contribution in [0.3, 0.4) is 0 Å². The van der Waals surface area contributed by atoms with Gasteiger partial charge in [0.05, 0.1) is 5.69 Å². The number of carbonyl (C=O) groups is 2. The lowest BCUT2D eigenvalue weighted by Gasteiger charge is -2.22. The van der Waals surface area contributed by atoms with E-state index in [0.29, 0.717) is 5.69 Å². The van der Waals surface area contributed by atoms with Crippen LogP contribution in [-0.2, 0) is 4.79 Å². The summed E-state index contributed by atoms with van der Waals surface area (Å²) in [6.07, 6.45) is 0.788. The highest BCUT2D eigenvalue weighted by Crippen LogP contribution is 2.23. The fraction of sp³-hybridized carbons (Fsp3) is 0.385. The van der Waals surface area contributed by atoms with Crippen molar-refractivity contribution in [3.63, 3.8) is 0 Å². The zero-order chi connectivity index (χ0) is 13.3. The molecule has 0 bridgehead atoms. The fourth-order valence-electron chi connectivity index (χ4n) is 1.93. The van der Waals surface area contributed by atoms with Crippen LogP contribution in [0.25, 0.3) is 0 Å². The third-order valence-corrected chi connectivity index (χ3v) is 3.20. The van der Waals surface area contributed by atoms with Crippen molar-refractivity contribution in [1.82, 2.24) is 4.90 Å². The maximum Gasteiger partial charge on any atom is 0.332 e. The van der Waals surface area contributed by atoms with E-state index in [1.165, 1.54) is 29.2 Å². The van der Waals surface area contributed by atoms with Gasteiger partial charge in [0.1, 0.15) is 12.4 Å². The van der Waals surface area contributed by atoms with E-state index in [9.17, 15) is 14.0 Å². The lowest BCUT2D eigenvalue weighted by molar-refractivity contribution is -0.116. The molecule has 1 saturated heterocycles. The molecule has 0 radical (unpaired) electrons. The Morgan fingerprint density at radius 1 is 1.28 bits per heavy atom. The van der Waals surface area contributed by atoms with Crippen LogP contribution in [0.5, 0.6) is 0 Å². The van der Waals surface area contributed by atoms with E-state index in [-0.39, 0.29) is 24.5 Å². The van der Waals surface area contributed by atoms with Crippen molar-refractivity contribution >= 4 is 17.6 Å². The average molecular weight is 250 g/mol. The van der Waals surface area contributed by atoms with Gasteiger partial charge < -0.3 is 4.90 Å². The number of carbonyl (C=O) groups excluding carboxylic acids is 2. The van der Waals surface area contributed by atoms with Crippen LogP contribution in [0.4, 0.5) is 14.9 Å². The Morgan fingerprint density at radius 2 is 1.89 bits per heavy atom. The molecule has 1 unspecified atom stereocenters. The van der Waals surface area contributed by atoms with E-state index in [4.69, 9.17) is 0 Å². The Bertz CT molecular complexity index is 472. The largest absolute Gasteiger partial charge is 0.332 e. The van der Waals surface area contributed by atoms with Gasteiger partial charge in [-0.2, -0.15) is 0 Å². The normalized spacial score (nSPS) is 17.5. The molecule has 4 nitrogen and oxygen atoms in total. The predicted molar refractivity (Wildman–Crippen MR) is 65.7 cm³/mol. The number of hydrogen-bond acceptors (Lipinski definition) is 2. The van der Waals surface area contributed by atoms with E-state index >= 15 is 0 Å². The molecule has 1 aromatic rings. The molecule has 96 valence electrons. The van der Waals surface area contributed by atoms with E-state index in [1.54, 1.807) is 0 Å². The molecule has 1 atom stereocenters. The summed E-state index contributed by atoms with van der Waals surface area (Å²) in [4.78, 5) is 26.6. The van der Waals surface area contributed by atoms with Crippen LogP contribution in [0.2, 0.25) is 0 Å². The van der Waals surface area contributed by atoms with Crippen molar-refractivity contribution in [3.05, 3.63) is 30.1 Å². The molecule has 3 amide bonds. The van der Waals surface area contributed by atoms with Crippen molar-refractivity contribution < 1.29 is 14.0 Å². The highest BCUT2D eigenvalue weighted by molar-refractivity contribution is 6.19. The van der Waals surface area contributed by atoms with Crippen molar-refractivity contribution in [2.75, 3.05) is 11.4 Å². The van der Waals surface area contributed by atoms with Gasteiger partial charge in [0.15, 0.2) is 0 Å². The SMILES string of the molecule is CCC(C)N1CC(=O)N(c2ccc(F)cc2)C1=O. The minimum absolute atomic E-state index is 0.0203. The summed E-state index contributed by atoms with van der Waals surface area (Å²) in [5, 5.41) is 0. The highest BCUT2D eigenvalue weighted by Gasteiger charge is 2.38. The van der Waals surface area contributed by atoms with Crippen LogP contribution in [0.1, 0.15) is 20.3 Å². The van der Waals surface area contributed by atoms with Crippen molar-refractivity contribution in [3.8, 4) is 0 Å². The number of amides is 3. The molecule has 1 aliphatic rings. The quantitative estimate of drug-likeness (QED) is 0.773. The van der Waals surface area contributed by atoms with Crippen LogP contribution < -0.4 is 4.90 Å². The fourth-order valence-corrected chi connectivity index (χ4v) is 1.93. The van der Waals surface area contributed by atoms with Gasteiger partial charge >= 0.3 is 6.03 Å². The van der Waals surface area contributed by atoms with Crippen molar-refractivity contribution in [1.29, 1.82) is 0 Å². The van der Waals surface area contributed by atoms with E-state index < -0.39 is 5.82 Å². The Morgan fingerprint density at radius 3 is 2.44 bits per heavy atom. The molecule has 2 rings (SSSR count). The first-order valence-corrected chi connectivity index (χ1v) is 5.93. The van der Waals surface area contributed by atoms with Gasteiger partial charge in [0.2, 0.25) is 0 Å². The summed E-state index contributed by atoms with van der Waals surface area (Å²) in [5.74, 6) is -0.663. The van der Waals surface area contributed by atoms with Gasteiger partial charge in [0, 0.05) is 6.04 Å². The summed E-state index contributed by atoms with van der Waals surface area (Å²) >= 11 is 0. The monoisotopic (exact) mass is 250 g/mol. The van der Waals surface area contributed by atoms with E-state index in [1.807, 2.05) is 13.8 Å². The molecule has 1 aromatic carbocycles. The third kappa shape index (κ3) is 2.08. The van der Waals surface area contributed by atoms with E-state index in [2.05, 4.69) is 0 Å². The smallest absolute Gasteiger partial charge is 0.312 e. The highest BCUT2D eigenvalue weighted by atomic mass is 19.1. The molecule has 18 heavy (non-hydrogen) atoms. The Balaban J connectivity index is 2.27. The summed E-state index contributed by atoms with van der Waals surface area (Å²) in [5.41, 5.74) is 0.414. The summed E-state index contributed by atoms with van der Waals surface area (Å²) in [6.45, 7) is 3.95. The first kappa shape index (κ1) is 12.5. The minimum Gasteiger partial charge on any atom is -0.312 e. The maximum absolute atomic E-state index is 12.8. The molecular formula is C13H15FN2O2. The predicted octanol–water partition coefficient (Wildman–Crippen LogP) is 2.39. The lowest BCUT2D eigenvalue weighted by Crippen LogP contribution is -2.37. The van der Waals surface area contributed by atoms with Crippen LogP contribution in [-0.4, -0.2) is 29.4 Å². The topological polar surface area (TPSA) is 40.6 Å². The van der Waals surface area contributed by atoms with Gasteiger partial charge in [0.25, 0.3) is 5.91 Å². The summed E-state index contributed by atoms with van der Waals surface area (Å²) in [6, 6.07) is 5.04. The van der Waals surface area contributed by atoms with Gasteiger partial charge in [-0.15, -0.1) is 0 Å². The zero-order valence-corrected chi connectivity index (χ0v) is 10.4. The molecule has 0 N–H and O–H groups in total. The van der Waals surface area contributed by atoms with Crippen LogP contribution >= 0.6 is 0 Å². The Hall–Kier alpha value is -1.91. The second-order valence-corrected chi connectivity index (χ2v) is 4.37. The number of benzene rings is 1. The number of anilines is 1. The maximum atomic E-state index is 12.8. The number of nitrogens with zero attached hydrogens (tertiary/aromatic N) is 2. The molecule has 5 heteroatoms. The summed E-state index contributed by atoms with van der Waals surface area (Å²) in [7, 11) is 0. The molecule has 1 aliphatic heterocycles. The van der Waals surface area contributed by atoms with Crippen molar-refractivity contribution in [2.24, 2.45) is 0 Å². The van der Waals surface area contributed by atoms with Gasteiger partial charge in [-0.25, -0.2) is 14.1 Å². The van der Waals surface area contributed by atoms with Crippen LogP contribution in [0, 0.1) is 5.82 Å². The lowest BCUT2D eigenvalue weighted by atomic mass is 10.2. The first-order valence-electron chi connectivity index (χ1n) is 5.93. The molecular weight excluding hydrogens is 235 g/mol. The molecule has 0 aliphatic carbocycles. The van der Waals surface area contributed by atoms with Gasteiger partial charge in [-0.3, -0.25) is 4.79 Å². The van der Waals surface area contributed by atoms with Crippen molar-refractivity contribution in [2.45, 2.75) is 26.3 Å². The number of hydrogen-bond donors (Lipinski definition) is 0. The first-order chi connectivity index (χ1) is 8.54. The zero-order valence-electron chi connectivity index (χ0n) is 10.4. The van der Waals surface area contributed by atoms with E-state index in [0.717, 1.165) is 11.3 Å². The van der Waals surface area contributed by atoms with Gasteiger partial charge in [-0.05, 0) is 37.6 Å². The van der Waals surface area contributed by atoms with Gasteiger partial charge in [-0.1, -0.05) is 6.92 Å². The molecule has 0 spiro atoms. The second-order valence-electron chi connectivity index (χ2n) is 4.37. The number of halogens is 1.